The minimum absolute atomic E-state index is 0.0371. The maximum Gasteiger partial charge on any atom is 0.335 e. The van der Waals surface area contributed by atoms with Crippen LogP contribution in [0.2, 0.25) is 0 Å². The fraction of sp³-hybridized carbons (Fsp3) is 0.348. The molecule has 29 heavy (non-hydrogen) atoms. The largest absolute Gasteiger partial charge is 0.478 e. The second kappa shape index (κ2) is 9.87. The van der Waals surface area contributed by atoms with Crippen molar-refractivity contribution in [3.8, 4) is 0 Å². The predicted molar refractivity (Wildman–Crippen MR) is 111 cm³/mol. The fourth-order valence-corrected chi connectivity index (χ4v) is 3.57. The Morgan fingerprint density at radius 2 is 1.55 bits per heavy atom. The highest BCUT2D eigenvalue weighted by molar-refractivity contribution is 5.96. The summed E-state index contributed by atoms with van der Waals surface area (Å²) in [5, 5.41) is 12.0. The molecular weight excluding hydrogens is 368 g/mol. The summed E-state index contributed by atoms with van der Waals surface area (Å²) in [5.74, 6) is -1.16. The Kier molecular flexibility index (Phi) is 7.00. The summed E-state index contributed by atoms with van der Waals surface area (Å²) < 4.78 is 0. The SMILES string of the molecule is O=C(CCc1ccccc1C(=O)O)Nc1ccc(C(=O)N2CCCCCC2)cc1. The lowest BCUT2D eigenvalue weighted by Crippen LogP contribution is -2.31. The number of aryl methyl sites for hydroxylation is 1. The highest BCUT2D eigenvalue weighted by Gasteiger charge is 2.17. The van der Waals surface area contributed by atoms with Gasteiger partial charge < -0.3 is 15.3 Å². The van der Waals surface area contributed by atoms with Crippen molar-refractivity contribution in [3.05, 3.63) is 65.2 Å². The average Bonchev–Trinajstić information content (AvgIpc) is 3.02. The maximum atomic E-state index is 12.6. The topological polar surface area (TPSA) is 86.7 Å². The normalized spacial score (nSPS) is 14.1. The minimum atomic E-state index is -0.995. The van der Waals surface area contributed by atoms with E-state index in [2.05, 4.69) is 5.32 Å². The van der Waals surface area contributed by atoms with Crippen molar-refractivity contribution in [2.24, 2.45) is 0 Å². The highest BCUT2D eigenvalue weighted by Crippen LogP contribution is 2.16. The van der Waals surface area contributed by atoms with Gasteiger partial charge in [-0.2, -0.15) is 0 Å². The van der Waals surface area contributed by atoms with Gasteiger partial charge in [-0.3, -0.25) is 9.59 Å². The summed E-state index contributed by atoms with van der Waals surface area (Å²) >= 11 is 0. The van der Waals surface area contributed by atoms with Gasteiger partial charge in [-0.1, -0.05) is 31.0 Å². The number of carboxylic acid groups (broad SMARTS) is 1. The van der Waals surface area contributed by atoms with E-state index in [9.17, 15) is 19.5 Å². The van der Waals surface area contributed by atoms with E-state index in [4.69, 9.17) is 0 Å². The molecule has 6 nitrogen and oxygen atoms in total. The summed E-state index contributed by atoms with van der Waals surface area (Å²) in [6, 6.07) is 13.6. The molecule has 0 saturated carbocycles. The van der Waals surface area contributed by atoms with Crippen molar-refractivity contribution < 1.29 is 19.5 Å². The summed E-state index contributed by atoms with van der Waals surface area (Å²) in [6.45, 7) is 1.60. The smallest absolute Gasteiger partial charge is 0.335 e. The van der Waals surface area contributed by atoms with E-state index in [1.165, 1.54) is 18.9 Å². The number of hydrogen-bond acceptors (Lipinski definition) is 3. The van der Waals surface area contributed by atoms with Crippen LogP contribution in [0.4, 0.5) is 5.69 Å². The molecule has 0 spiro atoms. The molecule has 1 aliphatic heterocycles. The first-order valence-corrected chi connectivity index (χ1v) is 10.0. The molecule has 1 saturated heterocycles. The highest BCUT2D eigenvalue weighted by atomic mass is 16.4. The zero-order valence-corrected chi connectivity index (χ0v) is 16.4. The third-order valence-electron chi connectivity index (χ3n) is 5.18. The maximum absolute atomic E-state index is 12.6. The van der Waals surface area contributed by atoms with Crippen molar-refractivity contribution in [2.75, 3.05) is 18.4 Å². The van der Waals surface area contributed by atoms with Crippen LogP contribution in [-0.4, -0.2) is 40.9 Å². The van der Waals surface area contributed by atoms with Crippen molar-refractivity contribution in [2.45, 2.75) is 38.5 Å². The Bertz CT molecular complexity index is 869. The van der Waals surface area contributed by atoms with Gasteiger partial charge in [-0.15, -0.1) is 0 Å². The van der Waals surface area contributed by atoms with Crippen LogP contribution in [0, 0.1) is 0 Å². The first kappa shape index (κ1) is 20.6. The number of anilines is 1. The molecule has 0 atom stereocenters. The Morgan fingerprint density at radius 1 is 0.897 bits per heavy atom. The number of likely N-dealkylation sites (tertiary alicyclic amines) is 1. The lowest BCUT2D eigenvalue weighted by molar-refractivity contribution is -0.116. The Hall–Kier alpha value is -3.15. The lowest BCUT2D eigenvalue weighted by atomic mass is 10.0. The molecule has 2 N–H and O–H groups in total. The molecular formula is C23H26N2O4. The number of carboxylic acids is 1. The molecule has 2 aromatic rings. The molecule has 0 unspecified atom stereocenters. The number of carbonyl (C=O) groups is 3. The summed E-state index contributed by atoms with van der Waals surface area (Å²) in [4.78, 5) is 38.0. The lowest BCUT2D eigenvalue weighted by Gasteiger charge is -2.20. The number of rotatable bonds is 6. The van der Waals surface area contributed by atoms with Crippen LogP contribution in [0.5, 0.6) is 0 Å². The molecule has 6 heteroatoms. The van der Waals surface area contributed by atoms with Crippen LogP contribution in [-0.2, 0) is 11.2 Å². The van der Waals surface area contributed by atoms with Crippen LogP contribution in [0.3, 0.4) is 0 Å². The van der Waals surface area contributed by atoms with Gasteiger partial charge in [-0.05, 0) is 55.2 Å². The van der Waals surface area contributed by atoms with E-state index in [0.717, 1.165) is 25.9 Å². The van der Waals surface area contributed by atoms with Crippen LogP contribution >= 0.6 is 0 Å². The van der Waals surface area contributed by atoms with Crippen LogP contribution in [0.1, 0.15) is 58.4 Å². The van der Waals surface area contributed by atoms with Gasteiger partial charge >= 0.3 is 5.97 Å². The second-order valence-electron chi connectivity index (χ2n) is 7.29. The summed E-state index contributed by atoms with van der Waals surface area (Å²) in [7, 11) is 0. The van der Waals surface area contributed by atoms with E-state index in [0.29, 0.717) is 23.2 Å². The van der Waals surface area contributed by atoms with Crippen molar-refractivity contribution in [3.63, 3.8) is 0 Å². The Labute approximate surface area is 170 Å². The molecule has 3 rings (SSSR count). The number of carbonyl (C=O) groups excluding carboxylic acids is 2. The minimum Gasteiger partial charge on any atom is -0.478 e. The van der Waals surface area contributed by atoms with Crippen molar-refractivity contribution in [1.82, 2.24) is 4.90 Å². The molecule has 152 valence electrons. The number of nitrogens with zero attached hydrogens (tertiary/aromatic N) is 1. The van der Waals surface area contributed by atoms with Gasteiger partial charge in [0.1, 0.15) is 0 Å². The zero-order chi connectivity index (χ0) is 20.6. The van der Waals surface area contributed by atoms with E-state index in [1.54, 1.807) is 42.5 Å². The van der Waals surface area contributed by atoms with Gasteiger partial charge in [0.15, 0.2) is 0 Å². The third-order valence-corrected chi connectivity index (χ3v) is 5.18. The summed E-state index contributed by atoms with van der Waals surface area (Å²) in [6.07, 6.45) is 4.96. The monoisotopic (exact) mass is 394 g/mol. The molecule has 0 aromatic heterocycles. The number of amides is 2. The number of nitrogens with one attached hydrogen (secondary N) is 1. The first-order chi connectivity index (χ1) is 14.0. The van der Waals surface area contributed by atoms with Gasteiger partial charge in [0.05, 0.1) is 5.56 Å². The van der Waals surface area contributed by atoms with Crippen molar-refractivity contribution in [1.29, 1.82) is 0 Å². The molecule has 0 radical (unpaired) electrons. The fourth-order valence-electron chi connectivity index (χ4n) is 3.57. The van der Waals surface area contributed by atoms with Gasteiger partial charge in [0.25, 0.3) is 5.91 Å². The third kappa shape index (κ3) is 5.67. The van der Waals surface area contributed by atoms with Crippen LogP contribution in [0.25, 0.3) is 0 Å². The number of aromatic carboxylic acids is 1. The number of hydrogen-bond donors (Lipinski definition) is 2. The zero-order valence-electron chi connectivity index (χ0n) is 16.4. The second-order valence-corrected chi connectivity index (χ2v) is 7.29. The molecule has 2 aromatic carbocycles. The van der Waals surface area contributed by atoms with Crippen molar-refractivity contribution >= 4 is 23.5 Å². The van der Waals surface area contributed by atoms with E-state index in [1.807, 2.05) is 4.90 Å². The molecule has 1 fully saturated rings. The quantitative estimate of drug-likeness (QED) is 0.776. The van der Waals surface area contributed by atoms with Gasteiger partial charge in [0.2, 0.25) is 5.91 Å². The first-order valence-electron chi connectivity index (χ1n) is 10.0. The molecule has 2 amide bonds. The van der Waals surface area contributed by atoms with E-state index >= 15 is 0 Å². The molecule has 0 bridgehead atoms. The molecule has 1 aliphatic rings. The van der Waals surface area contributed by atoms with Gasteiger partial charge in [0, 0.05) is 30.8 Å². The average molecular weight is 394 g/mol. The number of benzene rings is 2. The predicted octanol–water partition coefficient (Wildman–Crippen LogP) is 3.97. The molecule has 1 heterocycles. The van der Waals surface area contributed by atoms with E-state index < -0.39 is 5.97 Å². The van der Waals surface area contributed by atoms with E-state index in [-0.39, 0.29) is 23.8 Å². The Morgan fingerprint density at radius 3 is 2.21 bits per heavy atom. The van der Waals surface area contributed by atoms with Crippen LogP contribution < -0.4 is 5.32 Å². The molecule has 0 aliphatic carbocycles. The Balaban J connectivity index is 1.55. The summed E-state index contributed by atoms with van der Waals surface area (Å²) in [5.41, 5.74) is 2.10. The van der Waals surface area contributed by atoms with Crippen LogP contribution in [0.15, 0.2) is 48.5 Å². The van der Waals surface area contributed by atoms with Gasteiger partial charge in [-0.25, -0.2) is 4.79 Å². The standard InChI is InChI=1S/C23H26N2O4/c26-21(14-11-17-7-3-4-8-20(17)23(28)29)24-19-12-9-18(10-13-19)22(27)25-15-5-1-2-6-16-25/h3-4,7-10,12-13H,1-2,5-6,11,14-16H2,(H,24,26)(H,28,29).